The van der Waals surface area contributed by atoms with Gasteiger partial charge in [-0.05, 0) is 72.5 Å². The first-order valence-electron chi connectivity index (χ1n) is 12.8. The van der Waals surface area contributed by atoms with Gasteiger partial charge in [-0.1, -0.05) is 30.4 Å². The SMILES string of the molecule is Fc1cc(C2=CCNCC2)ccc1-c1nnc(-c2ccc(C3=CCNCC3)cc2)o1.O=C(O)C(F)(F)F.O=C(O)C(F)(F)F. The highest BCUT2D eigenvalue weighted by atomic mass is 19.4. The molecule has 0 bridgehead atoms. The van der Waals surface area contributed by atoms with Crippen LogP contribution in [0.15, 0.2) is 59.0 Å². The van der Waals surface area contributed by atoms with Crippen LogP contribution in [-0.4, -0.2) is 70.9 Å². The van der Waals surface area contributed by atoms with Crippen LogP contribution >= 0.6 is 0 Å². The summed E-state index contributed by atoms with van der Waals surface area (Å²) in [6, 6.07) is 13.3. The van der Waals surface area contributed by atoms with Gasteiger partial charge in [-0.15, -0.1) is 10.2 Å². The number of aromatic nitrogens is 2. The Bertz CT molecular complexity index is 1490. The molecule has 2 aliphatic rings. The molecule has 44 heavy (non-hydrogen) atoms. The zero-order valence-electron chi connectivity index (χ0n) is 22.6. The third kappa shape index (κ3) is 9.74. The first-order valence-corrected chi connectivity index (χ1v) is 12.8. The molecule has 3 heterocycles. The van der Waals surface area contributed by atoms with Gasteiger partial charge in [0.2, 0.25) is 5.89 Å². The van der Waals surface area contributed by atoms with Gasteiger partial charge in [-0.2, -0.15) is 26.3 Å². The van der Waals surface area contributed by atoms with E-state index in [9.17, 15) is 30.7 Å². The summed E-state index contributed by atoms with van der Waals surface area (Å²) in [5, 5.41) is 29.0. The van der Waals surface area contributed by atoms with Crippen LogP contribution in [0.25, 0.3) is 34.1 Å². The zero-order chi connectivity index (χ0) is 32.5. The molecule has 0 radical (unpaired) electrons. The number of alkyl halides is 6. The lowest BCUT2D eigenvalue weighted by Crippen LogP contribution is -2.21. The lowest BCUT2D eigenvalue weighted by molar-refractivity contribution is -0.193. The van der Waals surface area contributed by atoms with E-state index in [4.69, 9.17) is 24.2 Å². The molecule has 0 amide bonds. The third-order valence-corrected chi connectivity index (χ3v) is 6.11. The van der Waals surface area contributed by atoms with Crippen LogP contribution in [0.4, 0.5) is 30.7 Å². The number of aliphatic carboxylic acids is 2. The lowest BCUT2D eigenvalue weighted by Gasteiger charge is -2.14. The quantitative estimate of drug-likeness (QED) is 0.273. The molecule has 9 nitrogen and oxygen atoms in total. The van der Waals surface area contributed by atoms with Gasteiger partial charge in [0.15, 0.2) is 0 Å². The topological polar surface area (TPSA) is 138 Å². The van der Waals surface area contributed by atoms with E-state index in [-0.39, 0.29) is 11.7 Å². The Morgan fingerprint density at radius 1 is 0.705 bits per heavy atom. The van der Waals surface area contributed by atoms with Crippen LogP contribution in [0.3, 0.4) is 0 Å². The van der Waals surface area contributed by atoms with Gasteiger partial charge in [-0.25, -0.2) is 14.0 Å². The first-order chi connectivity index (χ1) is 20.7. The van der Waals surface area contributed by atoms with Crippen molar-refractivity contribution in [3.05, 3.63) is 71.6 Å². The second-order valence-corrected chi connectivity index (χ2v) is 9.16. The number of carboxylic acids is 2. The Morgan fingerprint density at radius 3 is 1.57 bits per heavy atom. The van der Waals surface area contributed by atoms with Crippen LogP contribution in [0.1, 0.15) is 24.0 Å². The lowest BCUT2D eigenvalue weighted by atomic mass is 9.99. The predicted octanol–water partition coefficient (Wildman–Crippen LogP) is 5.56. The Labute approximate surface area is 245 Å². The summed E-state index contributed by atoms with van der Waals surface area (Å²) >= 11 is 0. The van der Waals surface area contributed by atoms with Crippen molar-refractivity contribution >= 4 is 23.1 Å². The molecule has 236 valence electrons. The van der Waals surface area contributed by atoms with Gasteiger partial charge in [0.25, 0.3) is 5.89 Å². The van der Waals surface area contributed by atoms with Crippen molar-refractivity contribution in [1.82, 2.24) is 20.8 Å². The Morgan fingerprint density at radius 2 is 1.14 bits per heavy atom. The number of carboxylic acid groups (broad SMARTS) is 2. The molecular weight excluding hydrogens is 605 g/mol. The largest absolute Gasteiger partial charge is 0.490 e. The maximum atomic E-state index is 14.8. The molecule has 1 aromatic heterocycles. The number of carbonyl (C=O) groups is 2. The zero-order valence-corrected chi connectivity index (χ0v) is 22.6. The van der Waals surface area contributed by atoms with Crippen molar-refractivity contribution in [2.75, 3.05) is 26.2 Å². The minimum Gasteiger partial charge on any atom is -0.475 e. The van der Waals surface area contributed by atoms with Crippen molar-refractivity contribution in [3.63, 3.8) is 0 Å². The summed E-state index contributed by atoms with van der Waals surface area (Å²) in [6.07, 6.45) is -3.93. The Hall–Kier alpha value is -4.57. The van der Waals surface area contributed by atoms with Crippen molar-refractivity contribution < 1.29 is 55.0 Å². The predicted molar refractivity (Wildman–Crippen MR) is 143 cm³/mol. The molecule has 2 aliphatic heterocycles. The third-order valence-electron chi connectivity index (χ3n) is 6.11. The van der Waals surface area contributed by atoms with E-state index in [1.54, 1.807) is 12.1 Å². The van der Waals surface area contributed by atoms with Gasteiger partial charge in [0.05, 0.1) is 5.56 Å². The molecule has 3 aromatic rings. The summed E-state index contributed by atoms with van der Waals surface area (Å²) in [4.78, 5) is 17.8. The number of hydrogen-bond donors (Lipinski definition) is 4. The number of rotatable bonds is 4. The average molecular weight is 631 g/mol. The monoisotopic (exact) mass is 630 g/mol. The second kappa shape index (κ2) is 14.7. The smallest absolute Gasteiger partial charge is 0.475 e. The summed E-state index contributed by atoms with van der Waals surface area (Å²) in [6.45, 7) is 3.63. The van der Waals surface area contributed by atoms with Crippen LogP contribution in [0.5, 0.6) is 0 Å². The van der Waals surface area contributed by atoms with E-state index in [0.29, 0.717) is 11.5 Å². The fourth-order valence-electron chi connectivity index (χ4n) is 3.93. The number of hydrogen-bond acceptors (Lipinski definition) is 7. The summed E-state index contributed by atoms with van der Waals surface area (Å²) < 4.78 is 84.0. The van der Waals surface area contributed by atoms with E-state index in [0.717, 1.165) is 55.7 Å². The molecule has 4 N–H and O–H groups in total. The fraction of sp³-hybridized carbons (Fsp3) is 0.286. The average Bonchev–Trinajstić information content (AvgIpc) is 3.48. The summed E-state index contributed by atoms with van der Waals surface area (Å²) in [5.41, 5.74) is 5.76. The molecule has 0 aliphatic carbocycles. The standard InChI is InChI=1S/C24H23FN4O.2C2HF3O2/c25-22-15-20(18-9-13-27-14-10-18)5-6-21(22)24-29-28-23(30-24)19-3-1-16(2-4-19)17-7-11-26-12-8-17;2*3-2(4,5)1(6)7/h1-7,9,15,26-27H,8,10-14H2;2*(H,6,7). The van der Waals surface area contributed by atoms with Gasteiger partial charge in [0, 0.05) is 18.7 Å². The fourth-order valence-corrected chi connectivity index (χ4v) is 3.93. The van der Waals surface area contributed by atoms with Crippen LogP contribution < -0.4 is 10.6 Å². The minimum absolute atomic E-state index is 0.193. The number of halogens is 7. The molecule has 0 atom stereocenters. The Kier molecular flexibility index (Phi) is 11.4. The van der Waals surface area contributed by atoms with Crippen LogP contribution in [-0.2, 0) is 9.59 Å². The molecule has 0 saturated carbocycles. The number of nitrogens with zero attached hydrogens (tertiary/aromatic N) is 2. The van der Waals surface area contributed by atoms with Gasteiger partial charge < -0.3 is 25.3 Å². The molecule has 0 spiro atoms. The maximum Gasteiger partial charge on any atom is 0.490 e. The molecule has 5 rings (SSSR count). The van der Waals surface area contributed by atoms with Crippen molar-refractivity contribution in [3.8, 4) is 22.9 Å². The van der Waals surface area contributed by atoms with Gasteiger partial charge >= 0.3 is 24.3 Å². The Balaban J connectivity index is 0.000000317. The molecular formula is C28H25F7N4O5. The van der Waals surface area contributed by atoms with Crippen molar-refractivity contribution in [2.24, 2.45) is 0 Å². The van der Waals surface area contributed by atoms with Crippen molar-refractivity contribution in [2.45, 2.75) is 25.2 Å². The van der Waals surface area contributed by atoms with E-state index < -0.39 is 24.3 Å². The minimum atomic E-state index is -5.08. The van der Waals surface area contributed by atoms with Crippen molar-refractivity contribution in [1.29, 1.82) is 0 Å². The molecule has 16 heteroatoms. The van der Waals surface area contributed by atoms with E-state index in [2.05, 4.69) is 45.1 Å². The van der Waals surface area contributed by atoms with E-state index in [1.807, 2.05) is 18.2 Å². The molecule has 0 saturated heterocycles. The molecule has 2 aromatic carbocycles. The van der Waals surface area contributed by atoms with Crippen LogP contribution in [0, 0.1) is 5.82 Å². The van der Waals surface area contributed by atoms with Gasteiger partial charge in [-0.3, -0.25) is 0 Å². The van der Waals surface area contributed by atoms with Gasteiger partial charge in [0.1, 0.15) is 5.82 Å². The molecule has 0 fully saturated rings. The highest BCUT2D eigenvalue weighted by Crippen LogP contribution is 2.30. The summed E-state index contributed by atoms with van der Waals surface area (Å²) in [5.74, 6) is -5.28. The summed E-state index contributed by atoms with van der Waals surface area (Å²) in [7, 11) is 0. The highest BCUT2D eigenvalue weighted by Gasteiger charge is 2.38. The first kappa shape index (κ1) is 33.9. The second-order valence-electron chi connectivity index (χ2n) is 9.16. The number of nitrogens with one attached hydrogen (secondary N) is 2. The molecule has 0 unspecified atom stereocenters. The van der Waals surface area contributed by atoms with E-state index >= 15 is 0 Å². The number of benzene rings is 2. The maximum absolute atomic E-state index is 14.8. The highest BCUT2D eigenvalue weighted by molar-refractivity contribution is 5.73. The normalized spacial score (nSPS) is 15.1. The van der Waals surface area contributed by atoms with E-state index in [1.165, 1.54) is 11.1 Å². The van der Waals surface area contributed by atoms with Crippen LogP contribution in [0.2, 0.25) is 0 Å².